The van der Waals surface area contributed by atoms with Gasteiger partial charge in [0.2, 0.25) is 0 Å². The van der Waals surface area contributed by atoms with Crippen molar-refractivity contribution in [2.24, 2.45) is 11.7 Å². The van der Waals surface area contributed by atoms with Crippen molar-refractivity contribution in [2.75, 3.05) is 18.0 Å². The Balaban J connectivity index is 1.60. The van der Waals surface area contributed by atoms with E-state index in [0.29, 0.717) is 6.54 Å². The molecule has 0 radical (unpaired) electrons. The molecule has 1 aromatic heterocycles. The first kappa shape index (κ1) is 14.1. The molecule has 1 aliphatic rings. The molecule has 0 atom stereocenters. The second-order valence-electron chi connectivity index (χ2n) is 5.83. The van der Waals surface area contributed by atoms with Gasteiger partial charge in [-0.25, -0.2) is 0 Å². The number of nitrogens with zero attached hydrogens (tertiary/aromatic N) is 2. The van der Waals surface area contributed by atoms with Crippen LogP contribution in [0.3, 0.4) is 0 Å². The summed E-state index contributed by atoms with van der Waals surface area (Å²) in [5.74, 6) is 0.798. The number of nitrogens with two attached hydrogens (primary N) is 1. The van der Waals surface area contributed by atoms with E-state index in [1.165, 1.54) is 30.5 Å². The highest BCUT2D eigenvalue weighted by Crippen LogP contribution is 2.27. The summed E-state index contributed by atoms with van der Waals surface area (Å²) in [5, 5.41) is 0. The molecule has 0 amide bonds. The zero-order valence-electron chi connectivity index (χ0n) is 12.4. The predicted molar refractivity (Wildman–Crippen MR) is 87.2 cm³/mol. The average molecular weight is 281 g/mol. The van der Waals surface area contributed by atoms with E-state index in [0.717, 1.165) is 24.6 Å². The van der Waals surface area contributed by atoms with Crippen molar-refractivity contribution in [3.63, 3.8) is 0 Å². The van der Waals surface area contributed by atoms with Crippen molar-refractivity contribution in [2.45, 2.75) is 25.8 Å². The molecule has 2 aromatic rings. The molecule has 21 heavy (non-hydrogen) atoms. The van der Waals surface area contributed by atoms with Crippen LogP contribution in [-0.4, -0.2) is 18.1 Å². The zero-order chi connectivity index (χ0) is 14.5. The van der Waals surface area contributed by atoms with Crippen LogP contribution in [0.4, 0.5) is 5.69 Å². The number of aromatic nitrogens is 1. The molecule has 110 valence electrons. The lowest BCUT2D eigenvalue weighted by Gasteiger charge is -2.34. The summed E-state index contributed by atoms with van der Waals surface area (Å²) in [6, 6.07) is 12.9. The summed E-state index contributed by atoms with van der Waals surface area (Å²) in [5.41, 5.74) is 9.70. The molecule has 0 unspecified atom stereocenters. The van der Waals surface area contributed by atoms with E-state index in [4.69, 9.17) is 5.73 Å². The summed E-state index contributed by atoms with van der Waals surface area (Å²) < 4.78 is 0. The standard InChI is InChI=1S/C18H23N3/c19-13-17-14-20-9-6-18(17)21-10-7-16(8-11-21)12-15-4-2-1-3-5-15/h1-6,9,14,16H,7-8,10-13,19H2. The van der Waals surface area contributed by atoms with Gasteiger partial charge in [-0.2, -0.15) is 0 Å². The third-order valence-corrected chi connectivity index (χ3v) is 4.42. The number of anilines is 1. The molecule has 2 N–H and O–H groups in total. The fourth-order valence-electron chi connectivity index (χ4n) is 3.21. The van der Waals surface area contributed by atoms with Gasteiger partial charge in [0.05, 0.1) is 0 Å². The van der Waals surface area contributed by atoms with Crippen LogP contribution in [0.5, 0.6) is 0 Å². The van der Waals surface area contributed by atoms with Crippen molar-refractivity contribution < 1.29 is 0 Å². The number of rotatable bonds is 4. The average Bonchev–Trinajstić information content (AvgIpc) is 2.56. The van der Waals surface area contributed by atoms with Crippen LogP contribution in [0.15, 0.2) is 48.8 Å². The third kappa shape index (κ3) is 3.42. The Hall–Kier alpha value is -1.87. The van der Waals surface area contributed by atoms with E-state index < -0.39 is 0 Å². The maximum atomic E-state index is 5.82. The van der Waals surface area contributed by atoms with E-state index >= 15 is 0 Å². The van der Waals surface area contributed by atoms with E-state index in [9.17, 15) is 0 Å². The first-order chi connectivity index (χ1) is 10.4. The third-order valence-electron chi connectivity index (χ3n) is 4.42. The van der Waals surface area contributed by atoms with Gasteiger partial charge in [-0.1, -0.05) is 30.3 Å². The monoisotopic (exact) mass is 281 g/mol. The second-order valence-corrected chi connectivity index (χ2v) is 5.83. The van der Waals surface area contributed by atoms with Crippen molar-refractivity contribution in [3.05, 3.63) is 59.9 Å². The smallest absolute Gasteiger partial charge is 0.0442 e. The molecule has 3 rings (SSSR count). The van der Waals surface area contributed by atoms with E-state index in [2.05, 4.69) is 46.3 Å². The van der Waals surface area contributed by atoms with Gasteiger partial charge in [0, 0.05) is 43.3 Å². The summed E-state index contributed by atoms with van der Waals surface area (Å²) in [7, 11) is 0. The van der Waals surface area contributed by atoms with Crippen LogP contribution in [0.1, 0.15) is 24.0 Å². The number of pyridine rings is 1. The molecule has 1 aromatic carbocycles. The number of piperidine rings is 1. The van der Waals surface area contributed by atoms with Crippen molar-refractivity contribution in [1.29, 1.82) is 0 Å². The minimum Gasteiger partial charge on any atom is -0.371 e. The fourth-order valence-corrected chi connectivity index (χ4v) is 3.21. The number of hydrogen-bond donors (Lipinski definition) is 1. The SMILES string of the molecule is NCc1cnccc1N1CCC(Cc2ccccc2)CC1. The van der Waals surface area contributed by atoms with Crippen LogP contribution >= 0.6 is 0 Å². The molecule has 1 fully saturated rings. The summed E-state index contributed by atoms with van der Waals surface area (Å²) >= 11 is 0. The van der Waals surface area contributed by atoms with Gasteiger partial charge in [0.15, 0.2) is 0 Å². The van der Waals surface area contributed by atoms with Crippen LogP contribution < -0.4 is 10.6 Å². The molecule has 2 heterocycles. The highest BCUT2D eigenvalue weighted by atomic mass is 15.1. The summed E-state index contributed by atoms with van der Waals surface area (Å²) in [4.78, 5) is 6.64. The summed E-state index contributed by atoms with van der Waals surface area (Å²) in [6.07, 6.45) is 7.47. The van der Waals surface area contributed by atoms with Crippen LogP contribution in [0.2, 0.25) is 0 Å². The molecule has 0 saturated carbocycles. The topological polar surface area (TPSA) is 42.1 Å². The van der Waals surface area contributed by atoms with Crippen molar-refractivity contribution in [1.82, 2.24) is 4.98 Å². The van der Waals surface area contributed by atoms with Gasteiger partial charge in [-0.05, 0) is 36.8 Å². The van der Waals surface area contributed by atoms with Crippen LogP contribution in [-0.2, 0) is 13.0 Å². The number of benzene rings is 1. The second kappa shape index (κ2) is 6.72. The van der Waals surface area contributed by atoms with Crippen LogP contribution in [0.25, 0.3) is 0 Å². The highest BCUT2D eigenvalue weighted by Gasteiger charge is 2.20. The Labute approximate surface area is 126 Å². The van der Waals surface area contributed by atoms with E-state index in [1.807, 2.05) is 12.4 Å². The van der Waals surface area contributed by atoms with E-state index in [-0.39, 0.29) is 0 Å². The molecular formula is C18H23N3. The van der Waals surface area contributed by atoms with Crippen molar-refractivity contribution >= 4 is 5.69 Å². The lowest BCUT2D eigenvalue weighted by Crippen LogP contribution is -2.35. The van der Waals surface area contributed by atoms with Crippen LogP contribution in [0, 0.1) is 5.92 Å². The molecule has 0 aliphatic carbocycles. The predicted octanol–water partition coefficient (Wildman–Crippen LogP) is 3.00. The Morgan fingerprint density at radius 1 is 1.10 bits per heavy atom. The van der Waals surface area contributed by atoms with Gasteiger partial charge < -0.3 is 10.6 Å². The Morgan fingerprint density at radius 3 is 2.57 bits per heavy atom. The van der Waals surface area contributed by atoms with Gasteiger partial charge in [-0.3, -0.25) is 4.98 Å². The van der Waals surface area contributed by atoms with E-state index in [1.54, 1.807) is 0 Å². The lowest BCUT2D eigenvalue weighted by molar-refractivity contribution is 0.403. The molecule has 3 heteroatoms. The van der Waals surface area contributed by atoms with Gasteiger partial charge >= 0.3 is 0 Å². The van der Waals surface area contributed by atoms with Gasteiger partial charge in [-0.15, -0.1) is 0 Å². The molecule has 0 bridgehead atoms. The Kier molecular flexibility index (Phi) is 4.51. The molecule has 0 spiro atoms. The van der Waals surface area contributed by atoms with Crippen molar-refractivity contribution in [3.8, 4) is 0 Å². The minimum atomic E-state index is 0.563. The molecular weight excluding hydrogens is 258 g/mol. The zero-order valence-corrected chi connectivity index (χ0v) is 12.4. The lowest BCUT2D eigenvalue weighted by atomic mass is 9.90. The molecule has 1 saturated heterocycles. The number of hydrogen-bond acceptors (Lipinski definition) is 3. The van der Waals surface area contributed by atoms with Gasteiger partial charge in [0.1, 0.15) is 0 Å². The van der Waals surface area contributed by atoms with Gasteiger partial charge in [0.25, 0.3) is 0 Å². The normalized spacial score (nSPS) is 16.1. The largest absolute Gasteiger partial charge is 0.371 e. The maximum Gasteiger partial charge on any atom is 0.0442 e. The maximum absolute atomic E-state index is 5.82. The minimum absolute atomic E-state index is 0.563. The Morgan fingerprint density at radius 2 is 1.86 bits per heavy atom. The quantitative estimate of drug-likeness (QED) is 0.936. The Bertz CT molecular complexity index is 560. The first-order valence-electron chi connectivity index (χ1n) is 7.78. The molecule has 3 nitrogen and oxygen atoms in total. The first-order valence-corrected chi connectivity index (χ1v) is 7.78. The highest BCUT2D eigenvalue weighted by molar-refractivity contribution is 5.52. The molecule has 1 aliphatic heterocycles. The fraction of sp³-hybridized carbons (Fsp3) is 0.389. The summed E-state index contributed by atoms with van der Waals surface area (Å²) in [6.45, 7) is 2.80.